The summed E-state index contributed by atoms with van der Waals surface area (Å²) in [6, 6.07) is 3.41. The second-order valence-corrected chi connectivity index (χ2v) is 3.35. The van der Waals surface area contributed by atoms with Crippen LogP contribution in [0.4, 0.5) is 10.6 Å². The van der Waals surface area contributed by atoms with E-state index in [0.717, 1.165) is 11.8 Å². The first kappa shape index (κ1) is 10.4. The lowest BCUT2D eigenvalue weighted by Gasteiger charge is -2.04. The minimum absolute atomic E-state index is 0.240. The van der Waals surface area contributed by atoms with Crippen LogP contribution >= 0.6 is 0 Å². The summed E-state index contributed by atoms with van der Waals surface area (Å²) in [4.78, 5) is 15.5. The molecular formula is C10H13N5O. The maximum Gasteiger partial charge on any atom is 0.320 e. The van der Waals surface area contributed by atoms with E-state index in [9.17, 15) is 4.79 Å². The number of aromatic nitrogens is 3. The Morgan fingerprint density at radius 1 is 1.56 bits per heavy atom. The van der Waals surface area contributed by atoms with Crippen LogP contribution in [0.15, 0.2) is 18.3 Å². The maximum atomic E-state index is 11.4. The molecule has 0 saturated carbocycles. The van der Waals surface area contributed by atoms with E-state index in [2.05, 4.69) is 25.8 Å². The van der Waals surface area contributed by atoms with Crippen molar-refractivity contribution in [1.29, 1.82) is 0 Å². The van der Waals surface area contributed by atoms with Crippen LogP contribution in [0.2, 0.25) is 0 Å². The van der Waals surface area contributed by atoms with Gasteiger partial charge in [0, 0.05) is 12.7 Å². The smallest absolute Gasteiger partial charge is 0.320 e. The number of hydrogen-bond donors (Lipinski definition) is 3. The molecule has 3 N–H and O–H groups in total. The highest BCUT2D eigenvalue weighted by atomic mass is 16.2. The lowest BCUT2D eigenvalue weighted by Crippen LogP contribution is -2.29. The number of amides is 2. The first-order valence-electron chi connectivity index (χ1n) is 5.15. The molecule has 84 valence electrons. The second kappa shape index (κ2) is 4.61. The number of carbonyl (C=O) groups is 1. The molecule has 2 rings (SSSR count). The van der Waals surface area contributed by atoms with Crippen molar-refractivity contribution < 1.29 is 4.79 Å². The van der Waals surface area contributed by atoms with Crippen molar-refractivity contribution in [3.05, 3.63) is 18.3 Å². The predicted octanol–water partition coefficient (Wildman–Crippen LogP) is 1.49. The fourth-order valence-electron chi connectivity index (χ4n) is 1.34. The van der Waals surface area contributed by atoms with E-state index in [-0.39, 0.29) is 6.03 Å². The van der Waals surface area contributed by atoms with E-state index in [0.29, 0.717) is 18.0 Å². The minimum Gasteiger partial charge on any atom is -0.338 e. The predicted molar refractivity (Wildman–Crippen MR) is 61.2 cm³/mol. The number of nitrogens with zero attached hydrogens (tertiary/aromatic N) is 2. The van der Waals surface area contributed by atoms with E-state index >= 15 is 0 Å². The van der Waals surface area contributed by atoms with E-state index in [1.807, 2.05) is 13.0 Å². The standard InChI is InChI=1S/C10H13N5O/c1-2-5-12-10(16)13-9-7-4-3-6-11-8(7)14-15-9/h3-4,6H,2,5H2,1H3,(H3,11,12,13,14,15,16). The molecule has 2 aromatic rings. The summed E-state index contributed by atoms with van der Waals surface area (Å²) in [5, 5.41) is 12.9. The Hall–Kier alpha value is -2.11. The lowest BCUT2D eigenvalue weighted by molar-refractivity contribution is 0.252. The molecule has 0 radical (unpaired) electrons. The zero-order valence-corrected chi connectivity index (χ0v) is 8.95. The highest BCUT2D eigenvalue weighted by molar-refractivity contribution is 5.97. The zero-order valence-electron chi connectivity index (χ0n) is 8.95. The molecule has 0 aliphatic rings. The zero-order chi connectivity index (χ0) is 11.4. The fraction of sp³-hybridized carbons (Fsp3) is 0.300. The molecule has 0 bridgehead atoms. The van der Waals surface area contributed by atoms with Crippen LogP contribution in [0.3, 0.4) is 0 Å². The third-order valence-electron chi connectivity index (χ3n) is 2.10. The Kier molecular flexibility index (Phi) is 3.00. The number of nitrogens with one attached hydrogen (secondary N) is 3. The molecule has 6 heteroatoms. The van der Waals surface area contributed by atoms with Gasteiger partial charge in [-0.1, -0.05) is 6.92 Å². The van der Waals surface area contributed by atoms with Crippen molar-refractivity contribution in [2.45, 2.75) is 13.3 Å². The first-order chi connectivity index (χ1) is 7.81. The SMILES string of the molecule is CCCNC(=O)Nc1[nH]nc2ncccc12. The van der Waals surface area contributed by atoms with E-state index in [4.69, 9.17) is 0 Å². The van der Waals surface area contributed by atoms with Crippen LogP contribution in [0, 0.1) is 0 Å². The summed E-state index contributed by atoms with van der Waals surface area (Å²) in [5.74, 6) is 0.566. The van der Waals surface area contributed by atoms with E-state index in [1.54, 1.807) is 12.3 Å². The topological polar surface area (TPSA) is 82.7 Å². The molecule has 0 unspecified atom stereocenters. The molecule has 16 heavy (non-hydrogen) atoms. The van der Waals surface area contributed by atoms with Gasteiger partial charge in [0.25, 0.3) is 0 Å². The van der Waals surface area contributed by atoms with Gasteiger partial charge in [-0.2, -0.15) is 5.10 Å². The highest BCUT2D eigenvalue weighted by Gasteiger charge is 2.07. The average Bonchev–Trinajstić information content (AvgIpc) is 2.70. The number of anilines is 1. The first-order valence-corrected chi connectivity index (χ1v) is 5.15. The molecule has 6 nitrogen and oxygen atoms in total. The number of fused-ring (bicyclic) bond motifs is 1. The van der Waals surface area contributed by atoms with Crippen molar-refractivity contribution in [2.75, 3.05) is 11.9 Å². The van der Waals surface area contributed by atoms with Gasteiger partial charge in [0.05, 0.1) is 5.39 Å². The minimum atomic E-state index is -0.240. The molecule has 0 fully saturated rings. The molecule has 2 heterocycles. The van der Waals surface area contributed by atoms with Crippen LogP contribution in [-0.4, -0.2) is 27.8 Å². The van der Waals surface area contributed by atoms with Gasteiger partial charge in [0.2, 0.25) is 0 Å². The summed E-state index contributed by atoms with van der Waals surface area (Å²) < 4.78 is 0. The monoisotopic (exact) mass is 219 g/mol. The van der Waals surface area contributed by atoms with Gasteiger partial charge in [-0.25, -0.2) is 9.78 Å². The van der Waals surface area contributed by atoms with Gasteiger partial charge in [-0.05, 0) is 18.6 Å². The van der Waals surface area contributed by atoms with Crippen LogP contribution in [0.1, 0.15) is 13.3 Å². The summed E-state index contributed by atoms with van der Waals surface area (Å²) in [6.45, 7) is 2.64. The van der Waals surface area contributed by atoms with Gasteiger partial charge in [-0.15, -0.1) is 0 Å². The quantitative estimate of drug-likeness (QED) is 0.731. The molecule has 2 aromatic heterocycles. The van der Waals surface area contributed by atoms with E-state index in [1.165, 1.54) is 0 Å². The van der Waals surface area contributed by atoms with Crippen LogP contribution in [0.5, 0.6) is 0 Å². The number of carbonyl (C=O) groups excluding carboxylic acids is 1. The van der Waals surface area contributed by atoms with Gasteiger partial charge in [0.1, 0.15) is 5.82 Å². The van der Waals surface area contributed by atoms with Crippen LogP contribution in [-0.2, 0) is 0 Å². The van der Waals surface area contributed by atoms with Crippen LogP contribution < -0.4 is 10.6 Å². The summed E-state index contributed by atoms with van der Waals surface area (Å²) >= 11 is 0. The number of hydrogen-bond acceptors (Lipinski definition) is 3. The largest absolute Gasteiger partial charge is 0.338 e. The van der Waals surface area contributed by atoms with Crippen molar-refractivity contribution in [1.82, 2.24) is 20.5 Å². The van der Waals surface area contributed by atoms with Crippen molar-refractivity contribution in [3.8, 4) is 0 Å². The third-order valence-corrected chi connectivity index (χ3v) is 2.10. The van der Waals surface area contributed by atoms with Gasteiger partial charge >= 0.3 is 6.03 Å². The van der Waals surface area contributed by atoms with Crippen molar-refractivity contribution >= 4 is 22.9 Å². The van der Waals surface area contributed by atoms with Crippen molar-refractivity contribution in [3.63, 3.8) is 0 Å². The second-order valence-electron chi connectivity index (χ2n) is 3.35. The highest BCUT2D eigenvalue weighted by Crippen LogP contribution is 2.17. The molecule has 0 saturated heterocycles. The number of H-pyrrole nitrogens is 1. The fourth-order valence-corrected chi connectivity index (χ4v) is 1.34. The normalized spacial score (nSPS) is 10.3. The summed E-state index contributed by atoms with van der Waals surface area (Å²) in [6.07, 6.45) is 2.56. The Morgan fingerprint density at radius 3 is 3.25 bits per heavy atom. The number of rotatable bonds is 3. The molecule has 0 aromatic carbocycles. The lowest BCUT2D eigenvalue weighted by atomic mass is 10.3. The molecule has 0 atom stereocenters. The summed E-state index contributed by atoms with van der Waals surface area (Å²) in [5.41, 5.74) is 0.591. The summed E-state index contributed by atoms with van der Waals surface area (Å²) in [7, 11) is 0. The van der Waals surface area contributed by atoms with Crippen LogP contribution in [0.25, 0.3) is 11.0 Å². The Morgan fingerprint density at radius 2 is 2.44 bits per heavy atom. The van der Waals surface area contributed by atoms with Gasteiger partial charge in [0.15, 0.2) is 5.65 Å². The maximum absolute atomic E-state index is 11.4. The third kappa shape index (κ3) is 2.10. The number of urea groups is 1. The average molecular weight is 219 g/mol. The van der Waals surface area contributed by atoms with Gasteiger partial charge < -0.3 is 5.32 Å². The molecular weight excluding hydrogens is 206 g/mol. The Labute approximate surface area is 92.5 Å². The molecule has 2 amide bonds. The number of pyridine rings is 1. The van der Waals surface area contributed by atoms with E-state index < -0.39 is 0 Å². The van der Waals surface area contributed by atoms with Gasteiger partial charge in [-0.3, -0.25) is 10.4 Å². The van der Waals surface area contributed by atoms with Crippen molar-refractivity contribution in [2.24, 2.45) is 0 Å². The molecule has 0 spiro atoms. The Bertz CT molecular complexity index is 493. The number of aromatic amines is 1. The molecule has 0 aliphatic heterocycles. The Balaban J connectivity index is 2.12. The molecule has 0 aliphatic carbocycles.